The van der Waals surface area contributed by atoms with Crippen molar-refractivity contribution < 1.29 is 33.3 Å². The van der Waals surface area contributed by atoms with E-state index in [1.165, 1.54) is 23.0 Å². The highest BCUT2D eigenvalue weighted by Crippen LogP contribution is 2.36. The molecule has 0 fully saturated rings. The lowest BCUT2D eigenvalue weighted by Gasteiger charge is -2.25. The number of benzene rings is 3. The summed E-state index contributed by atoms with van der Waals surface area (Å²) in [5.41, 5.74) is 2.27. The zero-order valence-corrected chi connectivity index (χ0v) is 28.9. The van der Waals surface area contributed by atoms with Crippen molar-refractivity contribution in [1.82, 2.24) is 4.57 Å². The molecule has 0 saturated heterocycles. The fraction of sp³-hybridized carbons (Fsp3) is 0.257. The number of thiazole rings is 1. The SMILES string of the molecule is CCOC(=O)C1=C(C)N=c2s/c(=C/c3cc(Cl)ccc3OCc3ccc(Cl)cc3)c(=O)n2[C@@H]1c1ccc(OCC(=O)OC)c(OCC)c1. The molecule has 1 aliphatic rings. The van der Waals surface area contributed by atoms with E-state index in [-0.39, 0.29) is 31.0 Å². The number of hydrogen-bond acceptors (Lipinski definition) is 10. The van der Waals surface area contributed by atoms with E-state index in [0.717, 1.165) is 5.56 Å². The van der Waals surface area contributed by atoms with Crippen LogP contribution >= 0.6 is 34.5 Å². The molecule has 0 radical (unpaired) electrons. The van der Waals surface area contributed by atoms with Crippen LogP contribution in [0, 0.1) is 0 Å². The van der Waals surface area contributed by atoms with Gasteiger partial charge in [0, 0.05) is 15.6 Å². The zero-order valence-electron chi connectivity index (χ0n) is 26.6. The van der Waals surface area contributed by atoms with Crippen LogP contribution in [0.15, 0.2) is 81.7 Å². The number of allylic oxidation sites excluding steroid dienone is 1. The summed E-state index contributed by atoms with van der Waals surface area (Å²) in [6.45, 7) is 5.58. The molecule has 0 amide bonds. The van der Waals surface area contributed by atoms with Crippen LogP contribution in [0.1, 0.15) is 43.5 Å². The Balaban J connectivity index is 1.61. The molecule has 48 heavy (non-hydrogen) atoms. The van der Waals surface area contributed by atoms with Crippen molar-refractivity contribution >= 4 is 52.6 Å². The quantitative estimate of drug-likeness (QED) is 0.174. The van der Waals surface area contributed by atoms with Gasteiger partial charge in [-0.15, -0.1) is 0 Å². The van der Waals surface area contributed by atoms with Gasteiger partial charge in [0.1, 0.15) is 12.4 Å². The minimum Gasteiger partial charge on any atom is -0.490 e. The first-order valence-corrected chi connectivity index (χ1v) is 16.5. The maximum Gasteiger partial charge on any atom is 0.343 e. The number of esters is 2. The first kappa shape index (κ1) is 34.7. The molecule has 0 unspecified atom stereocenters. The van der Waals surface area contributed by atoms with Crippen LogP contribution in [0.4, 0.5) is 0 Å². The first-order chi connectivity index (χ1) is 23.1. The summed E-state index contributed by atoms with van der Waals surface area (Å²) in [4.78, 5) is 44.4. The number of ether oxygens (including phenoxy) is 5. The molecule has 0 aliphatic carbocycles. The number of carbonyl (C=O) groups excluding carboxylic acids is 2. The smallest absolute Gasteiger partial charge is 0.343 e. The molecule has 0 bridgehead atoms. The van der Waals surface area contributed by atoms with Crippen molar-refractivity contribution in [1.29, 1.82) is 0 Å². The van der Waals surface area contributed by atoms with Crippen LogP contribution in [0.5, 0.6) is 17.2 Å². The molecule has 5 rings (SSSR count). The third kappa shape index (κ3) is 7.75. The van der Waals surface area contributed by atoms with Gasteiger partial charge in [-0.2, -0.15) is 0 Å². The van der Waals surface area contributed by atoms with E-state index in [0.29, 0.717) is 60.1 Å². The Morgan fingerprint density at radius 1 is 0.917 bits per heavy atom. The number of nitrogens with zero attached hydrogens (tertiary/aromatic N) is 2. The molecule has 13 heteroatoms. The lowest BCUT2D eigenvalue weighted by atomic mass is 9.95. The van der Waals surface area contributed by atoms with Gasteiger partial charge in [0.05, 0.1) is 42.2 Å². The Morgan fingerprint density at radius 3 is 2.35 bits per heavy atom. The standard InChI is InChI=1S/C35H32Cl2N2O8S/c1-5-44-28-16-22(9-13-27(28)47-19-30(40)43-4)32-31(34(42)45-6-2)20(3)38-35-39(32)33(41)29(48-35)17-23-15-25(37)12-14-26(23)46-18-21-7-10-24(36)11-8-21/h7-17,32H,5-6,18-19H2,1-4H3/b29-17+/t32-/m1/s1. The van der Waals surface area contributed by atoms with Crippen molar-refractivity contribution in [2.24, 2.45) is 4.99 Å². The van der Waals surface area contributed by atoms with Crippen LogP contribution in [-0.4, -0.2) is 43.4 Å². The van der Waals surface area contributed by atoms with E-state index in [1.54, 1.807) is 75.4 Å². The second-order valence-corrected chi connectivity index (χ2v) is 12.3. The van der Waals surface area contributed by atoms with Crippen molar-refractivity contribution in [2.45, 2.75) is 33.4 Å². The molecular formula is C35H32Cl2N2O8S. The van der Waals surface area contributed by atoms with Gasteiger partial charge in [0.25, 0.3) is 5.56 Å². The number of rotatable bonds is 12. The zero-order chi connectivity index (χ0) is 34.4. The highest BCUT2D eigenvalue weighted by Gasteiger charge is 2.34. The number of methoxy groups -OCH3 is 1. The second kappa shape index (κ2) is 15.5. The average molecular weight is 712 g/mol. The molecule has 4 aromatic rings. The maximum absolute atomic E-state index is 14.2. The molecule has 2 heterocycles. The number of aromatic nitrogens is 1. The molecular weight excluding hydrogens is 679 g/mol. The van der Waals surface area contributed by atoms with Crippen molar-refractivity contribution in [3.63, 3.8) is 0 Å². The summed E-state index contributed by atoms with van der Waals surface area (Å²) in [7, 11) is 1.27. The molecule has 0 spiro atoms. The lowest BCUT2D eigenvalue weighted by molar-refractivity contribution is -0.143. The molecule has 1 atom stereocenters. The van der Waals surface area contributed by atoms with Gasteiger partial charge in [0.15, 0.2) is 22.9 Å². The van der Waals surface area contributed by atoms with Crippen molar-refractivity contribution in [2.75, 3.05) is 26.9 Å². The molecule has 1 aliphatic heterocycles. The summed E-state index contributed by atoms with van der Waals surface area (Å²) in [5, 5.41) is 1.09. The van der Waals surface area contributed by atoms with E-state index in [4.69, 9.17) is 42.1 Å². The first-order valence-electron chi connectivity index (χ1n) is 15.0. The topological polar surface area (TPSA) is 115 Å². The molecule has 10 nitrogen and oxygen atoms in total. The number of halogens is 2. The third-order valence-electron chi connectivity index (χ3n) is 7.24. The van der Waals surface area contributed by atoms with E-state index in [1.807, 2.05) is 12.1 Å². The van der Waals surface area contributed by atoms with Crippen molar-refractivity contribution in [3.05, 3.63) is 118 Å². The number of fused-ring (bicyclic) bond motifs is 1. The Labute approximate surface area is 290 Å². The van der Waals surface area contributed by atoms with E-state index in [2.05, 4.69) is 9.73 Å². The van der Waals surface area contributed by atoms with Gasteiger partial charge in [0.2, 0.25) is 0 Å². The van der Waals surface area contributed by atoms with Crippen LogP contribution in [0.3, 0.4) is 0 Å². The lowest BCUT2D eigenvalue weighted by Crippen LogP contribution is -2.40. The summed E-state index contributed by atoms with van der Waals surface area (Å²) in [6.07, 6.45) is 1.70. The Bertz CT molecular complexity index is 2050. The molecule has 250 valence electrons. The van der Waals surface area contributed by atoms with Crippen LogP contribution in [-0.2, 0) is 25.7 Å². The minimum absolute atomic E-state index is 0.130. The Kier molecular flexibility index (Phi) is 11.3. The normalized spacial score (nSPS) is 14.2. The van der Waals surface area contributed by atoms with Crippen LogP contribution in [0.2, 0.25) is 10.0 Å². The van der Waals surface area contributed by atoms with Crippen molar-refractivity contribution in [3.8, 4) is 17.2 Å². The number of hydrogen-bond donors (Lipinski definition) is 0. The van der Waals surface area contributed by atoms with Gasteiger partial charge in [-0.3, -0.25) is 9.36 Å². The van der Waals surface area contributed by atoms with E-state index >= 15 is 0 Å². The largest absolute Gasteiger partial charge is 0.490 e. The molecule has 1 aromatic heterocycles. The number of carbonyl (C=O) groups is 2. The maximum atomic E-state index is 14.2. The Hall–Kier alpha value is -4.58. The second-order valence-electron chi connectivity index (χ2n) is 10.4. The van der Waals surface area contributed by atoms with E-state index in [9.17, 15) is 14.4 Å². The van der Waals surface area contributed by atoms with Gasteiger partial charge in [-0.05, 0) is 80.4 Å². The van der Waals surface area contributed by atoms with Gasteiger partial charge < -0.3 is 23.7 Å². The summed E-state index contributed by atoms with van der Waals surface area (Å²) >= 11 is 13.6. The predicted molar refractivity (Wildman–Crippen MR) is 183 cm³/mol. The summed E-state index contributed by atoms with van der Waals surface area (Å²) in [5.74, 6) is -0.0296. The minimum atomic E-state index is -0.906. The fourth-order valence-corrected chi connectivity index (χ4v) is 6.38. The predicted octanol–water partition coefficient (Wildman–Crippen LogP) is 5.63. The molecule has 3 aromatic carbocycles. The van der Waals surface area contributed by atoms with Gasteiger partial charge in [-0.25, -0.2) is 14.6 Å². The highest BCUT2D eigenvalue weighted by molar-refractivity contribution is 7.07. The van der Waals surface area contributed by atoms with Gasteiger partial charge >= 0.3 is 11.9 Å². The van der Waals surface area contributed by atoms with E-state index < -0.39 is 18.0 Å². The van der Waals surface area contributed by atoms with Crippen LogP contribution in [0.25, 0.3) is 6.08 Å². The Morgan fingerprint density at radius 2 is 1.65 bits per heavy atom. The fourth-order valence-electron chi connectivity index (χ4n) is 5.03. The highest BCUT2D eigenvalue weighted by atomic mass is 35.5. The van der Waals surface area contributed by atoms with Gasteiger partial charge in [-0.1, -0.05) is 52.7 Å². The van der Waals surface area contributed by atoms with Crippen LogP contribution < -0.4 is 29.1 Å². The molecule has 0 N–H and O–H groups in total. The average Bonchev–Trinajstić information content (AvgIpc) is 3.37. The third-order valence-corrected chi connectivity index (χ3v) is 8.71. The molecule has 0 saturated carbocycles. The summed E-state index contributed by atoms with van der Waals surface area (Å²) < 4.78 is 29.5. The summed E-state index contributed by atoms with van der Waals surface area (Å²) in [6, 6.07) is 16.6. The monoisotopic (exact) mass is 710 g/mol.